The second-order valence-electron chi connectivity index (χ2n) is 4.20. The molecule has 0 saturated heterocycles. The molecule has 2 N–H and O–H groups in total. The van der Waals surface area contributed by atoms with E-state index in [9.17, 15) is 14.9 Å². The molecule has 0 spiro atoms. The maximum atomic E-state index is 12.0. The number of benzene rings is 1. The van der Waals surface area contributed by atoms with Crippen molar-refractivity contribution in [1.29, 1.82) is 0 Å². The molecule has 0 fully saturated rings. The summed E-state index contributed by atoms with van der Waals surface area (Å²) < 4.78 is 6.37. The first-order valence-corrected chi connectivity index (χ1v) is 6.88. The number of nitrogen functional groups attached to an aromatic ring is 1. The number of para-hydroxylation sites is 1. The lowest BCUT2D eigenvalue weighted by Crippen LogP contribution is -2.20. The maximum Gasteiger partial charge on any atom is 0.377 e. The zero-order valence-corrected chi connectivity index (χ0v) is 11.8. The minimum atomic E-state index is -0.908. The number of aromatic nitrogens is 3. The maximum absolute atomic E-state index is 12.0. The highest BCUT2D eigenvalue weighted by atomic mass is 32.1. The van der Waals surface area contributed by atoms with Crippen molar-refractivity contribution in [3.63, 3.8) is 0 Å². The van der Waals surface area contributed by atoms with Crippen LogP contribution in [0.3, 0.4) is 0 Å². The van der Waals surface area contributed by atoms with Gasteiger partial charge in [0.25, 0.3) is 0 Å². The summed E-state index contributed by atoms with van der Waals surface area (Å²) in [7, 11) is 0. The largest absolute Gasteiger partial charge is 0.486 e. The molecule has 0 bridgehead atoms. The zero-order valence-electron chi connectivity index (χ0n) is 11.0. The molecule has 0 aliphatic heterocycles. The van der Waals surface area contributed by atoms with Gasteiger partial charge in [0.15, 0.2) is 5.01 Å². The third kappa shape index (κ3) is 2.46. The van der Waals surface area contributed by atoms with E-state index in [-0.39, 0.29) is 11.6 Å². The van der Waals surface area contributed by atoms with Gasteiger partial charge >= 0.3 is 11.2 Å². The van der Waals surface area contributed by atoms with E-state index in [4.69, 9.17) is 10.5 Å². The van der Waals surface area contributed by atoms with E-state index in [0.29, 0.717) is 10.8 Å². The number of anilines is 1. The zero-order chi connectivity index (χ0) is 15.7. The van der Waals surface area contributed by atoms with Gasteiger partial charge in [0.05, 0.1) is 4.92 Å². The Labute approximate surface area is 126 Å². The molecule has 2 aromatic heterocycles. The van der Waals surface area contributed by atoms with E-state index in [0.717, 1.165) is 15.9 Å². The lowest BCUT2D eigenvalue weighted by molar-refractivity contribution is -0.385. The van der Waals surface area contributed by atoms with E-state index in [1.54, 1.807) is 12.1 Å². The Kier molecular flexibility index (Phi) is 3.43. The molecule has 2 heterocycles. The van der Waals surface area contributed by atoms with Gasteiger partial charge in [-0.15, -0.1) is 0 Å². The fourth-order valence-corrected chi connectivity index (χ4v) is 2.59. The molecular formula is C12H9N5O4S. The normalized spacial score (nSPS) is 10.7. The highest BCUT2D eigenvalue weighted by Crippen LogP contribution is 2.19. The monoisotopic (exact) mass is 319 g/mol. The first-order chi connectivity index (χ1) is 10.6. The number of ether oxygens (including phenoxy) is 1. The van der Waals surface area contributed by atoms with Gasteiger partial charge in [-0.05, 0) is 12.1 Å². The third-order valence-electron chi connectivity index (χ3n) is 2.74. The van der Waals surface area contributed by atoms with Crippen molar-refractivity contribution in [3.05, 3.63) is 55.8 Å². The molecule has 0 aliphatic rings. The van der Waals surface area contributed by atoms with Crippen molar-refractivity contribution >= 4 is 27.8 Å². The predicted octanol–water partition coefficient (Wildman–Crippen LogP) is 1.22. The van der Waals surface area contributed by atoms with Crippen molar-refractivity contribution in [2.45, 2.75) is 6.61 Å². The van der Waals surface area contributed by atoms with Crippen molar-refractivity contribution in [2.75, 3.05) is 5.73 Å². The van der Waals surface area contributed by atoms with Crippen LogP contribution in [0.25, 0.3) is 4.96 Å². The highest BCUT2D eigenvalue weighted by Gasteiger charge is 2.23. The number of nitrogens with zero attached hydrogens (tertiary/aromatic N) is 4. The van der Waals surface area contributed by atoms with Crippen LogP contribution in [0.4, 0.5) is 11.5 Å². The Hall–Kier alpha value is -3.01. The number of rotatable bonds is 4. The number of nitro groups is 1. The first kappa shape index (κ1) is 13.9. The fraction of sp³-hybridized carbons (Fsp3) is 0.0833. The summed E-state index contributed by atoms with van der Waals surface area (Å²) in [6.07, 6.45) is 0. The molecule has 1 aromatic carbocycles. The minimum Gasteiger partial charge on any atom is -0.486 e. The molecule has 0 unspecified atom stereocenters. The van der Waals surface area contributed by atoms with Gasteiger partial charge in [0.1, 0.15) is 12.4 Å². The van der Waals surface area contributed by atoms with E-state index >= 15 is 0 Å². The molecule has 9 nitrogen and oxygen atoms in total. The van der Waals surface area contributed by atoms with E-state index < -0.39 is 22.0 Å². The average molecular weight is 319 g/mol. The van der Waals surface area contributed by atoms with Crippen LogP contribution in [0.5, 0.6) is 5.75 Å². The van der Waals surface area contributed by atoms with Crippen molar-refractivity contribution in [3.8, 4) is 5.75 Å². The van der Waals surface area contributed by atoms with Gasteiger partial charge < -0.3 is 10.5 Å². The van der Waals surface area contributed by atoms with E-state index in [1.165, 1.54) is 0 Å². The Morgan fingerprint density at radius 1 is 1.36 bits per heavy atom. The van der Waals surface area contributed by atoms with Crippen LogP contribution in [-0.4, -0.2) is 19.5 Å². The summed E-state index contributed by atoms with van der Waals surface area (Å²) in [5.41, 5.74) is 3.76. The molecule has 0 atom stereocenters. The third-order valence-corrected chi connectivity index (χ3v) is 3.63. The molecule has 0 aliphatic carbocycles. The smallest absolute Gasteiger partial charge is 0.377 e. The van der Waals surface area contributed by atoms with Crippen molar-refractivity contribution < 1.29 is 9.66 Å². The fourth-order valence-electron chi connectivity index (χ4n) is 1.78. The van der Waals surface area contributed by atoms with Crippen molar-refractivity contribution in [1.82, 2.24) is 14.6 Å². The van der Waals surface area contributed by atoms with Gasteiger partial charge in [-0.3, -0.25) is 14.9 Å². The van der Waals surface area contributed by atoms with Gasteiger partial charge in [-0.1, -0.05) is 29.5 Å². The summed E-state index contributed by atoms with van der Waals surface area (Å²) in [6, 6.07) is 9.06. The van der Waals surface area contributed by atoms with Crippen LogP contribution in [-0.2, 0) is 6.61 Å². The summed E-state index contributed by atoms with van der Waals surface area (Å²) in [6.45, 7) is 0.116. The second-order valence-corrected chi connectivity index (χ2v) is 5.24. The van der Waals surface area contributed by atoms with Gasteiger partial charge in [0.2, 0.25) is 10.8 Å². The van der Waals surface area contributed by atoms with E-state index in [2.05, 4.69) is 10.1 Å². The Morgan fingerprint density at radius 2 is 2.09 bits per heavy atom. The summed E-state index contributed by atoms with van der Waals surface area (Å²) in [4.78, 5) is 26.0. The quantitative estimate of drug-likeness (QED) is 0.566. The molecule has 3 aromatic rings. The molecule has 22 heavy (non-hydrogen) atoms. The van der Waals surface area contributed by atoms with Gasteiger partial charge in [-0.2, -0.15) is 14.6 Å². The molecule has 10 heteroatoms. The van der Waals surface area contributed by atoms with Gasteiger partial charge in [-0.25, -0.2) is 0 Å². The van der Waals surface area contributed by atoms with Crippen molar-refractivity contribution in [2.24, 2.45) is 0 Å². The lowest BCUT2D eigenvalue weighted by atomic mass is 10.3. The van der Waals surface area contributed by atoms with Gasteiger partial charge in [0, 0.05) is 0 Å². The Bertz CT molecular complexity index is 905. The Balaban J connectivity index is 1.95. The highest BCUT2D eigenvalue weighted by molar-refractivity contribution is 7.16. The van der Waals surface area contributed by atoms with Crippen LogP contribution in [0.15, 0.2) is 35.1 Å². The minimum absolute atomic E-state index is 0.116. The number of hydrogen-bond donors (Lipinski definition) is 1. The molecule has 0 amide bonds. The Morgan fingerprint density at radius 3 is 2.77 bits per heavy atom. The number of fused-ring (bicyclic) bond motifs is 1. The van der Waals surface area contributed by atoms with Crippen LogP contribution in [0, 0.1) is 10.1 Å². The molecule has 0 saturated carbocycles. The predicted molar refractivity (Wildman–Crippen MR) is 79.0 cm³/mol. The first-order valence-electron chi connectivity index (χ1n) is 6.06. The molecular weight excluding hydrogens is 310 g/mol. The van der Waals surface area contributed by atoms with Crippen LogP contribution < -0.4 is 16.0 Å². The summed E-state index contributed by atoms with van der Waals surface area (Å²) >= 11 is 1.08. The van der Waals surface area contributed by atoms with E-state index in [1.807, 2.05) is 18.2 Å². The molecule has 112 valence electrons. The molecule has 3 rings (SSSR count). The second kappa shape index (κ2) is 5.41. The van der Waals surface area contributed by atoms with Crippen LogP contribution >= 0.6 is 11.3 Å². The number of nitrogens with two attached hydrogens (primary N) is 1. The molecule has 0 radical (unpaired) electrons. The standard InChI is InChI=1S/C12H9N5O4S/c13-10-9(17(19)20)11(18)16-12(14-10)22-8(15-16)6-21-7-4-2-1-3-5-7/h1-5H,6,13H2. The summed E-state index contributed by atoms with van der Waals surface area (Å²) in [5.74, 6) is 0.224. The summed E-state index contributed by atoms with van der Waals surface area (Å²) in [5, 5.41) is 15.3. The average Bonchev–Trinajstić information content (AvgIpc) is 2.89. The lowest BCUT2D eigenvalue weighted by Gasteiger charge is -2.01. The van der Waals surface area contributed by atoms with Crippen LogP contribution in [0.1, 0.15) is 5.01 Å². The topological polar surface area (TPSA) is 126 Å². The number of hydrogen-bond acceptors (Lipinski definition) is 8. The SMILES string of the molecule is Nc1nc2sc(COc3ccccc3)nn2c(=O)c1[N+](=O)[O-]. The van der Waals surface area contributed by atoms with Crippen LogP contribution in [0.2, 0.25) is 0 Å².